The monoisotopic (exact) mass is 155 g/mol. The average molecular weight is 155 g/mol. The topological polar surface area (TPSA) is 52.3 Å². The van der Waals surface area contributed by atoms with Crippen LogP contribution < -0.4 is 35.3 Å². The Balaban J connectivity index is -0.000000320. The zero-order valence-electron chi connectivity index (χ0n) is 7.72. The van der Waals surface area contributed by atoms with E-state index in [-0.39, 0.29) is 43.5 Å². The van der Waals surface area contributed by atoms with Crippen LogP contribution in [0.2, 0.25) is 0 Å². The summed E-state index contributed by atoms with van der Waals surface area (Å²) in [4.78, 5) is 10.3. The second kappa shape index (κ2) is 9.43. The molecule has 0 rings (SSSR count). The van der Waals surface area contributed by atoms with Crippen LogP contribution in [0.1, 0.15) is 21.2 Å². The second-order valence-electron chi connectivity index (χ2n) is 1.78. The van der Waals surface area contributed by atoms with Crippen LogP contribution >= 0.6 is 0 Å². The fourth-order valence-electron chi connectivity index (χ4n) is 0.389. The van der Waals surface area contributed by atoms with Crippen LogP contribution in [0.4, 0.5) is 0 Å². The summed E-state index contributed by atoms with van der Waals surface area (Å²) in [6.07, 6.45) is 1.96. The summed E-state index contributed by atoms with van der Waals surface area (Å²) in [5.41, 5.74) is 4.98. The van der Waals surface area contributed by atoms with Crippen molar-refractivity contribution in [2.75, 3.05) is 13.2 Å². The van der Waals surface area contributed by atoms with E-state index in [0.29, 0.717) is 6.61 Å². The fraction of sp³-hybridized carbons (Fsp3) is 0.833. The summed E-state index contributed by atoms with van der Waals surface area (Å²) >= 11 is 0. The van der Waals surface area contributed by atoms with Crippen molar-refractivity contribution in [3.05, 3.63) is 0 Å². The van der Waals surface area contributed by atoms with Crippen LogP contribution in [-0.2, 0) is 9.53 Å². The van der Waals surface area contributed by atoms with Gasteiger partial charge in [-0.3, -0.25) is 4.79 Å². The van der Waals surface area contributed by atoms with Gasteiger partial charge in [0, 0.05) is 0 Å². The predicted octanol–water partition coefficient (Wildman–Crippen LogP) is -2.60. The van der Waals surface area contributed by atoms with Crippen molar-refractivity contribution in [2.24, 2.45) is 5.73 Å². The molecule has 0 spiro atoms. The maximum Gasteiger partial charge on any atom is 1.00 e. The zero-order valence-corrected chi connectivity index (χ0v) is 8.72. The molecule has 0 aromatic rings. The van der Waals surface area contributed by atoms with Gasteiger partial charge in [-0.2, -0.15) is 0 Å². The first-order chi connectivity index (χ1) is 4.31. The molecule has 0 aliphatic rings. The van der Waals surface area contributed by atoms with E-state index >= 15 is 0 Å². The normalized spacial score (nSPS) is 8.20. The third-order valence-corrected chi connectivity index (χ3v) is 0.928. The van der Waals surface area contributed by atoms with Gasteiger partial charge in [0.25, 0.3) is 0 Å². The number of unbranched alkanes of at least 4 members (excludes halogenated alkanes) is 1. The molecular weight excluding hydrogens is 141 g/mol. The molecule has 0 amide bonds. The molecule has 10 heavy (non-hydrogen) atoms. The number of carbonyl (C=O) groups excluding carboxylic acids is 1. The molecule has 3 nitrogen and oxygen atoms in total. The molecule has 0 aromatic heterocycles. The number of rotatable bonds is 4. The first-order valence-corrected chi connectivity index (χ1v) is 3.17. The Morgan fingerprint density at radius 2 is 2.30 bits per heavy atom. The van der Waals surface area contributed by atoms with Gasteiger partial charge in [0.15, 0.2) is 0 Å². The Morgan fingerprint density at radius 1 is 1.70 bits per heavy atom. The Morgan fingerprint density at radius 3 is 2.70 bits per heavy atom. The van der Waals surface area contributed by atoms with Gasteiger partial charge in [0.2, 0.25) is 0 Å². The summed E-state index contributed by atoms with van der Waals surface area (Å²) in [5, 5.41) is 0. The van der Waals surface area contributed by atoms with E-state index in [1.165, 1.54) is 0 Å². The molecular formula is C6H14NNaO2. The van der Waals surface area contributed by atoms with Crippen molar-refractivity contribution in [1.82, 2.24) is 0 Å². The molecule has 0 aromatic carbocycles. The number of nitrogens with two attached hydrogens (primary N) is 1. The van der Waals surface area contributed by atoms with Crippen molar-refractivity contribution in [3.63, 3.8) is 0 Å². The number of hydrogen-bond donors (Lipinski definition) is 1. The smallest absolute Gasteiger partial charge is 1.00 e. The van der Waals surface area contributed by atoms with Gasteiger partial charge in [-0.25, -0.2) is 0 Å². The Bertz CT molecular complexity index is 92.7. The molecule has 0 unspecified atom stereocenters. The zero-order chi connectivity index (χ0) is 7.11. The van der Waals surface area contributed by atoms with Gasteiger partial charge in [-0.05, 0) is 6.42 Å². The van der Waals surface area contributed by atoms with Crippen LogP contribution in [0.15, 0.2) is 0 Å². The first kappa shape index (κ1) is 13.1. The largest absolute Gasteiger partial charge is 1.00 e. The van der Waals surface area contributed by atoms with Crippen molar-refractivity contribution < 1.29 is 40.5 Å². The van der Waals surface area contributed by atoms with Crippen molar-refractivity contribution in [2.45, 2.75) is 19.8 Å². The molecule has 0 aliphatic heterocycles. The van der Waals surface area contributed by atoms with E-state index < -0.39 is 0 Å². The van der Waals surface area contributed by atoms with Crippen LogP contribution in [0.5, 0.6) is 0 Å². The van der Waals surface area contributed by atoms with Crippen LogP contribution in [0, 0.1) is 0 Å². The molecule has 0 bridgehead atoms. The predicted molar refractivity (Wildman–Crippen MR) is 36.0 cm³/mol. The molecule has 56 valence electrons. The number of ether oxygens (including phenoxy) is 1. The van der Waals surface area contributed by atoms with Gasteiger partial charge < -0.3 is 11.9 Å². The van der Waals surface area contributed by atoms with Gasteiger partial charge in [-0.15, -0.1) is 0 Å². The molecule has 0 aliphatic carbocycles. The fourth-order valence-corrected chi connectivity index (χ4v) is 0.389. The molecule has 0 fully saturated rings. The number of carbonyl (C=O) groups is 1. The summed E-state index contributed by atoms with van der Waals surface area (Å²) in [6.45, 7) is 2.53. The Labute approximate surface area is 85.1 Å². The van der Waals surface area contributed by atoms with E-state index in [0.717, 1.165) is 12.8 Å². The second-order valence-corrected chi connectivity index (χ2v) is 1.78. The minimum atomic E-state index is -0.316. The van der Waals surface area contributed by atoms with Gasteiger partial charge in [0.05, 0.1) is 13.2 Å². The van der Waals surface area contributed by atoms with E-state index in [4.69, 9.17) is 5.73 Å². The molecule has 0 saturated heterocycles. The van der Waals surface area contributed by atoms with Crippen molar-refractivity contribution in [1.29, 1.82) is 0 Å². The van der Waals surface area contributed by atoms with E-state index in [9.17, 15) is 4.79 Å². The van der Waals surface area contributed by atoms with Crippen LogP contribution in [0.25, 0.3) is 0 Å². The van der Waals surface area contributed by atoms with Gasteiger partial charge in [0.1, 0.15) is 0 Å². The van der Waals surface area contributed by atoms with Gasteiger partial charge in [-0.1, -0.05) is 13.3 Å². The minimum absolute atomic E-state index is 0. The summed E-state index contributed by atoms with van der Waals surface area (Å²) < 4.78 is 4.67. The SMILES string of the molecule is CCCCOC(=O)CN.[H-].[Na+]. The first-order valence-electron chi connectivity index (χ1n) is 3.17. The number of esters is 1. The van der Waals surface area contributed by atoms with E-state index in [1.54, 1.807) is 0 Å². The summed E-state index contributed by atoms with van der Waals surface area (Å²) in [5.74, 6) is -0.316. The quantitative estimate of drug-likeness (QED) is 0.275. The number of hydrogen-bond acceptors (Lipinski definition) is 3. The van der Waals surface area contributed by atoms with Crippen LogP contribution in [0.3, 0.4) is 0 Å². The Hall–Kier alpha value is 0.430. The van der Waals surface area contributed by atoms with E-state index in [2.05, 4.69) is 4.74 Å². The molecule has 0 atom stereocenters. The van der Waals surface area contributed by atoms with Crippen molar-refractivity contribution in [3.8, 4) is 0 Å². The maximum atomic E-state index is 10.3. The summed E-state index contributed by atoms with van der Waals surface area (Å²) in [6, 6.07) is 0. The van der Waals surface area contributed by atoms with E-state index in [1.807, 2.05) is 6.92 Å². The standard InChI is InChI=1S/C6H13NO2.Na.H/c1-2-3-4-9-6(8)5-7;;/h2-5,7H2,1H3;;/q;+1;-1. The van der Waals surface area contributed by atoms with Crippen molar-refractivity contribution >= 4 is 5.97 Å². The molecule has 2 N–H and O–H groups in total. The van der Waals surface area contributed by atoms with Crippen LogP contribution in [-0.4, -0.2) is 19.1 Å². The molecule has 0 saturated carbocycles. The maximum absolute atomic E-state index is 10.3. The Kier molecular flexibility index (Phi) is 12.3. The van der Waals surface area contributed by atoms with Gasteiger partial charge >= 0.3 is 35.5 Å². The minimum Gasteiger partial charge on any atom is -1.00 e. The molecule has 0 heterocycles. The molecule has 0 radical (unpaired) electrons. The summed E-state index contributed by atoms with van der Waals surface area (Å²) in [7, 11) is 0. The third-order valence-electron chi connectivity index (χ3n) is 0.928. The third kappa shape index (κ3) is 8.43. The molecule has 4 heteroatoms. The average Bonchev–Trinajstić information content (AvgIpc) is 1.89.